The Hall–Kier alpha value is -2.22. The first kappa shape index (κ1) is 36.3. The first-order chi connectivity index (χ1) is 19.7. The summed E-state index contributed by atoms with van der Waals surface area (Å²) in [5, 5.41) is 9.00. The summed E-state index contributed by atoms with van der Waals surface area (Å²) in [5.74, 6) is 0. The van der Waals surface area contributed by atoms with Crippen LogP contribution in [-0.4, -0.2) is 8.07 Å². The molecule has 0 saturated carbocycles. The second kappa shape index (κ2) is 14.0. The van der Waals surface area contributed by atoms with Crippen molar-refractivity contribution in [3.63, 3.8) is 0 Å². The van der Waals surface area contributed by atoms with Crippen LogP contribution >= 0.6 is 0 Å². The number of fused-ring (bicyclic) bond motifs is 2. The molecule has 0 atom stereocenters. The van der Waals surface area contributed by atoms with E-state index in [1.807, 2.05) is 0 Å². The Bertz CT molecular complexity index is 1800. The van der Waals surface area contributed by atoms with Gasteiger partial charge in [0.25, 0.3) is 0 Å². The third-order valence-electron chi connectivity index (χ3n) is 9.80. The summed E-state index contributed by atoms with van der Waals surface area (Å²) < 4.78 is 0. The van der Waals surface area contributed by atoms with Gasteiger partial charge in [-0.1, -0.05) is 86.6 Å². The number of hydrogen-bond acceptors (Lipinski definition) is 0. The third kappa shape index (κ3) is 5.78. The maximum atomic E-state index is 2.62. The fraction of sp³-hybridized carbons (Fsp3) is 0.250. The van der Waals surface area contributed by atoms with Gasteiger partial charge in [0.15, 0.2) is 0 Å². The molecule has 0 aliphatic heterocycles. The van der Waals surface area contributed by atoms with Crippen LogP contribution in [0.1, 0.15) is 47.2 Å². The Morgan fingerprint density at radius 1 is 0.523 bits per heavy atom. The zero-order valence-electron chi connectivity index (χ0n) is 27.3. The topological polar surface area (TPSA) is 0 Å². The van der Waals surface area contributed by atoms with Gasteiger partial charge in [-0.25, -0.2) is 0 Å². The minimum absolute atomic E-state index is 0. The van der Waals surface area contributed by atoms with Gasteiger partial charge in [-0.2, -0.15) is 10.4 Å². The summed E-state index contributed by atoms with van der Waals surface area (Å²) >= 11 is 0. The van der Waals surface area contributed by atoms with Crippen LogP contribution < -0.4 is 35.2 Å². The zero-order chi connectivity index (χ0) is 29.1. The van der Waals surface area contributed by atoms with Crippen LogP contribution in [0.25, 0.3) is 43.8 Å². The summed E-state index contributed by atoms with van der Waals surface area (Å²) in [6.07, 6.45) is 2.10. The molecule has 0 aromatic heterocycles. The van der Waals surface area contributed by atoms with Gasteiger partial charge in [-0.05, 0) is 73.9 Å². The maximum Gasteiger partial charge on any atom is 4.00 e. The molecule has 0 aliphatic carbocycles. The molecule has 0 aliphatic rings. The van der Waals surface area contributed by atoms with Crippen molar-refractivity contribution in [2.75, 3.05) is 0 Å². The van der Waals surface area contributed by atoms with E-state index in [1.54, 1.807) is 10.4 Å². The molecule has 44 heavy (non-hydrogen) atoms. The largest absolute Gasteiger partial charge is 4.00 e. The zero-order valence-corrected chi connectivity index (χ0v) is 32.2. The Morgan fingerprint density at radius 3 is 1.23 bits per heavy atom. The normalized spacial score (nSPS) is 11.3. The molecular formula is C40H42Cl2SiZr. The number of aryl methyl sites for hydroxylation is 4. The summed E-state index contributed by atoms with van der Waals surface area (Å²) in [7, 11) is -2.20. The smallest absolute Gasteiger partial charge is 1.00 e. The van der Waals surface area contributed by atoms with Crippen LogP contribution in [0.5, 0.6) is 0 Å². The molecule has 0 fully saturated rings. The van der Waals surface area contributed by atoms with Crippen LogP contribution in [0.3, 0.4) is 0 Å². The summed E-state index contributed by atoms with van der Waals surface area (Å²) in [6.45, 7) is 19.0. The number of hydrogen-bond donors (Lipinski definition) is 0. The molecule has 6 rings (SSSR count). The summed E-state index contributed by atoms with van der Waals surface area (Å²) in [6, 6.07) is 32.5. The van der Waals surface area contributed by atoms with Gasteiger partial charge in [0.2, 0.25) is 0 Å². The Balaban J connectivity index is 0.00000176. The van der Waals surface area contributed by atoms with Crippen molar-refractivity contribution in [3.8, 4) is 22.3 Å². The van der Waals surface area contributed by atoms with Crippen LogP contribution in [0.15, 0.2) is 84.9 Å². The maximum absolute atomic E-state index is 2.62. The van der Waals surface area contributed by atoms with Gasteiger partial charge in [-0.3, -0.25) is 0 Å². The molecule has 224 valence electrons. The summed E-state index contributed by atoms with van der Waals surface area (Å²) in [5.41, 5.74) is 14.0. The van der Waals surface area contributed by atoms with E-state index in [-0.39, 0.29) is 51.0 Å². The molecule has 0 N–H and O–H groups in total. The van der Waals surface area contributed by atoms with Crippen LogP contribution in [0.2, 0.25) is 13.1 Å². The Morgan fingerprint density at radius 2 is 0.864 bits per heavy atom. The van der Waals surface area contributed by atoms with Gasteiger partial charge < -0.3 is 24.8 Å². The SMILES string of the molecule is CCc1[cH-]c2cccc(-c3cccc(C)c3C)c2c1[Si](C)(C)c1c(CC)[cH-]c2cccc(-c3cccc(C)c3C)c12.[Cl-].[Cl-].[Zr+4]. The average Bonchev–Trinajstić information content (AvgIpc) is 3.55. The van der Waals surface area contributed by atoms with Crippen molar-refractivity contribution in [1.82, 2.24) is 0 Å². The molecule has 0 heterocycles. The number of benzene rings is 4. The van der Waals surface area contributed by atoms with Gasteiger partial charge in [-0.15, -0.1) is 69.1 Å². The average molecular weight is 713 g/mol. The van der Waals surface area contributed by atoms with E-state index < -0.39 is 8.07 Å². The predicted molar refractivity (Wildman–Crippen MR) is 184 cm³/mol. The number of halogens is 2. The Labute approximate surface area is 297 Å². The minimum Gasteiger partial charge on any atom is -1.00 e. The second-order valence-electron chi connectivity index (χ2n) is 12.5. The molecule has 0 saturated heterocycles. The first-order valence-corrected chi connectivity index (χ1v) is 18.3. The van der Waals surface area contributed by atoms with E-state index >= 15 is 0 Å². The van der Waals surface area contributed by atoms with Gasteiger partial charge >= 0.3 is 26.2 Å². The molecular weight excluding hydrogens is 671 g/mol. The van der Waals surface area contributed by atoms with E-state index in [0.29, 0.717) is 0 Å². The van der Waals surface area contributed by atoms with Crippen LogP contribution in [0, 0.1) is 27.7 Å². The van der Waals surface area contributed by atoms with Gasteiger partial charge in [0.05, 0.1) is 0 Å². The van der Waals surface area contributed by atoms with E-state index in [9.17, 15) is 0 Å². The van der Waals surface area contributed by atoms with E-state index in [4.69, 9.17) is 0 Å². The molecule has 6 aromatic rings. The van der Waals surface area contributed by atoms with Gasteiger partial charge in [0, 0.05) is 8.07 Å². The fourth-order valence-corrected chi connectivity index (χ4v) is 11.6. The molecule has 6 aromatic carbocycles. The van der Waals surface area contributed by atoms with Crippen molar-refractivity contribution < 1.29 is 51.0 Å². The van der Waals surface area contributed by atoms with E-state index in [2.05, 4.69) is 140 Å². The van der Waals surface area contributed by atoms with E-state index in [0.717, 1.165) is 12.8 Å². The van der Waals surface area contributed by atoms with E-state index in [1.165, 1.54) is 77.2 Å². The molecule has 0 nitrogen and oxygen atoms in total. The molecule has 0 bridgehead atoms. The molecule has 0 spiro atoms. The monoisotopic (exact) mass is 710 g/mol. The quantitative estimate of drug-likeness (QED) is 0.182. The van der Waals surface area contributed by atoms with Gasteiger partial charge in [0.1, 0.15) is 0 Å². The van der Waals surface area contributed by atoms with Crippen molar-refractivity contribution in [3.05, 3.63) is 118 Å². The van der Waals surface area contributed by atoms with Crippen LogP contribution in [-0.2, 0) is 39.0 Å². The molecule has 0 radical (unpaired) electrons. The Kier molecular flexibility index (Phi) is 11.6. The third-order valence-corrected chi connectivity index (χ3v) is 13.4. The van der Waals surface area contributed by atoms with Crippen molar-refractivity contribution in [2.24, 2.45) is 0 Å². The number of rotatable bonds is 6. The minimum atomic E-state index is -2.20. The van der Waals surface area contributed by atoms with Crippen molar-refractivity contribution in [2.45, 2.75) is 67.5 Å². The molecule has 4 heteroatoms. The van der Waals surface area contributed by atoms with Crippen molar-refractivity contribution >= 4 is 40.0 Å². The second-order valence-corrected chi connectivity index (χ2v) is 16.7. The van der Waals surface area contributed by atoms with Crippen LogP contribution in [0.4, 0.5) is 0 Å². The first-order valence-electron chi connectivity index (χ1n) is 15.3. The summed E-state index contributed by atoms with van der Waals surface area (Å²) in [4.78, 5) is 0. The fourth-order valence-electron chi connectivity index (χ4n) is 7.42. The predicted octanol–water partition coefficient (Wildman–Crippen LogP) is 3.95. The standard InChI is InChI=1S/C40H42Si.2ClH.Zr/c1-9-29-23-31-17-13-21-35(33-19-11-15-25(3)27(33)5)37(31)39(29)41(7,8)40-30(10-2)24-32-18-14-22-36(38(32)40)34-20-12-16-26(4)28(34)6;;;/h11-24H,9-10H2,1-8H3;2*1H;/q-2;;;+4/p-2. The van der Waals surface area contributed by atoms with Crippen molar-refractivity contribution in [1.29, 1.82) is 0 Å². The molecule has 0 amide bonds. The molecule has 0 unspecified atom stereocenters.